The molecule has 0 fully saturated rings. The number of nitriles is 1. The molecular formula is C15H22N2. The van der Waals surface area contributed by atoms with E-state index in [1.807, 2.05) is 6.92 Å². The Labute approximate surface area is 105 Å². The summed E-state index contributed by atoms with van der Waals surface area (Å²) in [5, 5.41) is 12.1. The topological polar surface area (TPSA) is 35.8 Å². The second-order valence-corrected chi connectivity index (χ2v) is 4.98. The van der Waals surface area contributed by atoms with Gasteiger partial charge in [-0.3, -0.25) is 0 Å². The largest absolute Gasteiger partial charge is 0.309 e. The van der Waals surface area contributed by atoms with Gasteiger partial charge in [0.25, 0.3) is 0 Å². The van der Waals surface area contributed by atoms with Crippen LogP contribution in [0, 0.1) is 17.2 Å². The molecule has 0 heterocycles. The van der Waals surface area contributed by atoms with Gasteiger partial charge in [-0.2, -0.15) is 5.26 Å². The molecule has 92 valence electrons. The van der Waals surface area contributed by atoms with E-state index < -0.39 is 0 Å². The van der Waals surface area contributed by atoms with Crippen LogP contribution in [-0.4, -0.2) is 6.54 Å². The van der Waals surface area contributed by atoms with Crippen molar-refractivity contribution in [3.63, 3.8) is 0 Å². The first-order valence-corrected chi connectivity index (χ1v) is 6.27. The monoisotopic (exact) mass is 230 g/mol. The van der Waals surface area contributed by atoms with Crippen molar-refractivity contribution in [2.24, 2.45) is 5.92 Å². The van der Waals surface area contributed by atoms with E-state index in [0.29, 0.717) is 12.0 Å². The van der Waals surface area contributed by atoms with Gasteiger partial charge in [0.05, 0.1) is 12.0 Å². The van der Waals surface area contributed by atoms with E-state index in [9.17, 15) is 0 Å². The van der Waals surface area contributed by atoms with Gasteiger partial charge in [-0.05, 0) is 30.9 Å². The molecule has 1 aromatic rings. The molecule has 0 saturated heterocycles. The van der Waals surface area contributed by atoms with Gasteiger partial charge in [-0.15, -0.1) is 0 Å². The summed E-state index contributed by atoms with van der Waals surface area (Å²) in [6, 6.07) is 11.2. The van der Waals surface area contributed by atoms with E-state index in [1.54, 1.807) is 0 Å². The van der Waals surface area contributed by atoms with Crippen molar-refractivity contribution in [1.82, 2.24) is 5.32 Å². The van der Waals surface area contributed by atoms with Gasteiger partial charge < -0.3 is 5.32 Å². The summed E-state index contributed by atoms with van der Waals surface area (Å²) in [6.45, 7) is 9.20. The Kier molecular flexibility index (Phi) is 5.18. The van der Waals surface area contributed by atoms with E-state index in [0.717, 1.165) is 6.54 Å². The summed E-state index contributed by atoms with van der Waals surface area (Å²) in [6.07, 6.45) is 0. The Bertz CT molecular complexity index is 373. The molecule has 1 N–H and O–H groups in total. The summed E-state index contributed by atoms with van der Waals surface area (Å²) in [7, 11) is 0. The van der Waals surface area contributed by atoms with E-state index >= 15 is 0 Å². The summed E-state index contributed by atoms with van der Waals surface area (Å²) >= 11 is 0. The fraction of sp³-hybridized carbons (Fsp3) is 0.533. The molecule has 0 saturated carbocycles. The lowest BCUT2D eigenvalue weighted by Crippen LogP contribution is -2.23. The maximum Gasteiger partial charge on any atom is 0.0666 e. The summed E-state index contributed by atoms with van der Waals surface area (Å²) in [5.41, 5.74) is 2.64. The lowest BCUT2D eigenvalue weighted by atomic mass is 9.99. The van der Waals surface area contributed by atoms with Crippen LogP contribution in [0.5, 0.6) is 0 Å². The van der Waals surface area contributed by atoms with Crippen LogP contribution in [0.1, 0.15) is 50.8 Å². The third kappa shape index (κ3) is 4.20. The predicted octanol–water partition coefficient (Wildman–Crippen LogP) is 3.62. The minimum absolute atomic E-state index is 0.0624. The quantitative estimate of drug-likeness (QED) is 0.838. The van der Waals surface area contributed by atoms with Crippen molar-refractivity contribution >= 4 is 0 Å². The Morgan fingerprint density at radius 2 is 1.59 bits per heavy atom. The number of hydrogen-bond donors (Lipinski definition) is 1. The third-order valence-electron chi connectivity index (χ3n) is 3.05. The van der Waals surface area contributed by atoms with Crippen LogP contribution in [0.4, 0.5) is 0 Å². The zero-order valence-corrected chi connectivity index (χ0v) is 11.2. The van der Waals surface area contributed by atoms with Gasteiger partial charge in [0.2, 0.25) is 0 Å². The van der Waals surface area contributed by atoms with Gasteiger partial charge in [0.15, 0.2) is 0 Å². The average Bonchev–Trinajstić information content (AvgIpc) is 2.35. The molecule has 0 aromatic heterocycles. The highest BCUT2D eigenvalue weighted by Crippen LogP contribution is 2.18. The Morgan fingerprint density at radius 3 is 2.06 bits per heavy atom. The van der Waals surface area contributed by atoms with E-state index in [-0.39, 0.29) is 5.92 Å². The number of nitrogens with zero attached hydrogens (tertiary/aromatic N) is 1. The fourth-order valence-corrected chi connectivity index (χ4v) is 1.69. The van der Waals surface area contributed by atoms with Crippen LogP contribution in [0.2, 0.25) is 0 Å². The Morgan fingerprint density at radius 1 is 1.06 bits per heavy atom. The van der Waals surface area contributed by atoms with E-state index in [4.69, 9.17) is 5.26 Å². The van der Waals surface area contributed by atoms with Crippen LogP contribution < -0.4 is 5.32 Å². The zero-order valence-electron chi connectivity index (χ0n) is 11.2. The first-order chi connectivity index (χ1) is 8.04. The Balaban J connectivity index is 2.58. The second-order valence-electron chi connectivity index (χ2n) is 4.98. The smallest absolute Gasteiger partial charge is 0.0666 e. The van der Waals surface area contributed by atoms with Crippen molar-refractivity contribution < 1.29 is 0 Å². The van der Waals surface area contributed by atoms with Gasteiger partial charge in [0.1, 0.15) is 0 Å². The van der Waals surface area contributed by atoms with Gasteiger partial charge in [0, 0.05) is 12.6 Å². The molecule has 0 spiro atoms. The van der Waals surface area contributed by atoms with Crippen molar-refractivity contribution in [1.29, 1.82) is 5.26 Å². The number of benzene rings is 1. The standard InChI is InChI=1S/C15H22N2/c1-11(2)14-5-7-15(8-6-14)13(4)17-10-12(3)9-16/h5-8,11-13,17H,10H2,1-4H3. The number of hydrogen-bond acceptors (Lipinski definition) is 2. The molecule has 2 unspecified atom stereocenters. The van der Waals surface area contributed by atoms with Crippen LogP contribution in [0.3, 0.4) is 0 Å². The van der Waals surface area contributed by atoms with Gasteiger partial charge >= 0.3 is 0 Å². The molecular weight excluding hydrogens is 208 g/mol. The van der Waals surface area contributed by atoms with Gasteiger partial charge in [-0.1, -0.05) is 38.1 Å². The molecule has 1 aromatic carbocycles. The third-order valence-corrected chi connectivity index (χ3v) is 3.05. The summed E-state index contributed by atoms with van der Waals surface area (Å²) < 4.78 is 0. The maximum absolute atomic E-state index is 8.73. The van der Waals surface area contributed by atoms with Crippen LogP contribution in [0.15, 0.2) is 24.3 Å². The van der Waals surface area contributed by atoms with Crippen molar-refractivity contribution in [2.75, 3.05) is 6.54 Å². The minimum atomic E-state index is 0.0624. The normalized spacial score (nSPS) is 14.4. The highest BCUT2D eigenvalue weighted by atomic mass is 14.9. The van der Waals surface area contributed by atoms with Crippen LogP contribution >= 0.6 is 0 Å². The van der Waals surface area contributed by atoms with Crippen LogP contribution in [-0.2, 0) is 0 Å². The lowest BCUT2D eigenvalue weighted by Gasteiger charge is -2.16. The van der Waals surface area contributed by atoms with Gasteiger partial charge in [-0.25, -0.2) is 0 Å². The predicted molar refractivity (Wildman–Crippen MR) is 71.7 cm³/mol. The first-order valence-electron chi connectivity index (χ1n) is 6.27. The summed E-state index contributed by atoms with van der Waals surface area (Å²) in [5.74, 6) is 0.637. The van der Waals surface area contributed by atoms with Crippen molar-refractivity contribution in [3.05, 3.63) is 35.4 Å². The molecule has 1 rings (SSSR count). The zero-order chi connectivity index (χ0) is 12.8. The average molecular weight is 230 g/mol. The highest BCUT2D eigenvalue weighted by Gasteiger charge is 2.07. The molecule has 0 amide bonds. The molecule has 0 aliphatic carbocycles. The van der Waals surface area contributed by atoms with Crippen LogP contribution in [0.25, 0.3) is 0 Å². The van der Waals surface area contributed by atoms with E-state index in [2.05, 4.69) is 56.4 Å². The molecule has 0 radical (unpaired) electrons. The maximum atomic E-state index is 8.73. The van der Waals surface area contributed by atoms with E-state index in [1.165, 1.54) is 11.1 Å². The SMILES string of the molecule is CC(C#N)CNC(C)c1ccc(C(C)C)cc1. The molecule has 2 heteroatoms. The molecule has 0 aliphatic heterocycles. The molecule has 0 bridgehead atoms. The number of nitrogens with one attached hydrogen (secondary N) is 1. The summed E-state index contributed by atoms with van der Waals surface area (Å²) in [4.78, 5) is 0. The fourth-order valence-electron chi connectivity index (χ4n) is 1.69. The molecule has 17 heavy (non-hydrogen) atoms. The molecule has 2 atom stereocenters. The molecule has 2 nitrogen and oxygen atoms in total. The van der Waals surface area contributed by atoms with Crippen molar-refractivity contribution in [3.8, 4) is 6.07 Å². The van der Waals surface area contributed by atoms with Crippen molar-refractivity contribution in [2.45, 2.75) is 39.7 Å². The minimum Gasteiger partial charge on any atom is -0.309 e. The second kappa shape index (κ2) is 6.42. The first kappa shape index (κ1) is 13.7. The number of rotatable bonds is 5. The Hall–Kier alpha value is -1.33. The lowest BCUT2D eigenvalue weighted by molar-refractivity contribution is 0.527. The highest BCUT2D eigenvalue weighted by molar-refractivity contribution is 5.26. The molecule has 0 aliphatic rings.